The van der Waals surface area contributed by atoms with E-state index in [0.717, 1.165) is 6.42 Å². The van der Waals surface area contributed by atoms with Gasteiger partial charge in [-0.3, -0.25) is 4.79 Å². The summed E-state index contributed by atoms with van der Waals surface area (Å²) in [7, 11) is 1.47. The molecule has 148 valence electrons. The van der Waals surface area contributed by atoms with Gasteiger partial charge >= 0.3 is 5.97 Å². The zero-order chi connectivity index (χ0) is 18.4. The molecule has 0 aromatic heterocycles. The lowest BCUT2D eigenvalue weighted by molar-refractivity contribution is -0.140. The molecule has 0 bridgehead atoms. The first-order valence-corrected chi connectivity index (χ1v) is 11.0. The smallest absolute Gasteiger partial charge is 0.305 e. The number of carbonyl (C=O) groups excluding carboxylic acids is 1. The van der Waals surface area contributed by atoms with Gasteiger partial charge in [-0.1, -0.05) is 96.1 Å². The normalized spacial score (nSPS) is 11.3. The number of allylic oxidation sites excluding steroid dienone is 2. The number of rotatable bonds is 19. The monoisotopic (exact) mass is 352 g/mol. The molecule has 0 aromatic rings. The van der Waals surface area contributed by atoms with Crippen LogP contribution in [0.3, 0.4) is 0 Å². The van der Waals surface area contributed by atoms with E-state index in [1.165, 1.54) is 110 Å². The van der Waals surface area contributed by atoms with Crippen molar-refractivity contribution in [3.8, 4) is 0 Å². The van der Waals surface area contributed by atoms with Gasteiger partial charge in [-0.15, -0.1) is 0 Å². The molecule has 0 rings (SSSR count). The molecule has 0 aliphatic heterocycles. The Hall–Kier alpha value is -0.790. The quantitative estimate of drug-likeness (QED) is 0.135. The van der Waals surface area contributed by atoms with Crippen molar-refractivity contribution in [2.45, 2.75) is 122 Å². The summed E-state index contributed by atoms with van der Waals surface area (Å²) in [4.78, 5) is 11.0. The first-order valence-electron chi connectivity index (χ1n) is 11.0. The van der Waals surface area contributed by atoms with E-state index in [4.69, 9.17) is 0 Å². The molecular weight excluding hydrogens is 308 g/mol. The number of carbonyl (C=O) groups is 1. The molecule has 0 spiro atoms. The topological polar surface area (TPSA) is 26.3 Å². The van der Waals surface area contributed by atoms with Crippen molar-refractivity contribution in [3.63, 3.8) is 0 Å². The van der Waals surface area contributed by atoms with Crippen LogP contribution in [0.1, 0.15) is 122 Å². The van der Waals surface area contributed by atoms with Crippen LogP contribution in [0.4, 0.5) is 0 Å². The van der Waals surface area contributed by atoms with Crippen LogP contribution in [0, 0.1) is 0 Å². The fraction of sp³-hybridized carbons (Fsp3) is 0.870. The van der Waals surface area contributed by atoms with Crippen molar-refractivity contribution in [1.29, 1.82) is 0 Å². The Bertz CT molecular complexity index is 296. The number of unbranched alkanes of at least 4 members (excludes halogenated alkanes) is 15. The summed E-state index contributed by atoms with van der Waals surface area (Å²) in [5, 5.41) is 0. The second kappa shape index (κ2) is 21.3. The molecule has 0 N–H and O–H groups in total. The average molecular weight is 353 g/mol. The largest absolute Gasteiger partial charge is 0.469 e. The van der Waals surface area contributed by atoms with E-state index in [1.54, 1.807) is 0 Å². The Kier molecular flexibility index (Phi) is 20.6. The molecule has 0 heterocycles. The Morgan fingerprint density at radius 3 is 1.48 bits per heavy atom. The van der Waals surface area contributed by atoms with Crippen molar-refractivity contribution in [1.82, 2.24) is 0 Å². The maximum atomic E-state index is 11.0. The molecule has 0 radical (unpaired) electrons. The van der Waals surface area contributed by atoms with E-state index < -0.39 is 0 Å². The highest BCUT2D eigenvalue weighted by Crippen LogP contribution is 2.13. The summed E-state index contributed by atoms with van der Waals surface area (Å²) < 4.78 is 4.64. The Balaban J connectivity index is 3.07. The van der Waals surface area contributed by atoms with Crippen LogP contribution < -0.4 is 0 Å². The molecule has 2 heteroatoms. The Morgan fingerprint density at radius 2 is 1.04 bits per heavy atom. The Morgan fingerprint density at radius 1 is 0.640 bits per heavy atom. The number of hydrogen-bond acceptors (Lipinski definition) is 2. The predicted octanol–water partition coefficient (Wildman–Crippen LogP) is 7.76. The van der Waals surface area contributed by atoms with Crippen LogP contribution in [-0.4, -0.2) is 13.1 Å². The van der Waals surface area contributed by atoms with E-state index in [-0.39, 0.29) is 5.97 Å². The lowest BCUT2D eigenvalue weighted by Gasteiger charge is -2.02. The van der Waals surface area contributed by atoms with Gasteiger partial charge in [0.1, 0.15) is 0 Å². The highest BCUT2D eigenvalue weighted by Gasteiger charge is 1.99. The maximum Gasteiger partial charge on any atom is 0.305 e. The van der Waals surface area contributed by atoms with E-state index in [2.05, 4.69) is 23.8 Å². The molecular formula is C23H44O2. The van der Waals surface area contributed by atoms with Gasteiger partial charge in [-0.2, -0.15) is 0 Å². The van der Waals surface area contributed by atoms with Crippen molar-refractivity contribution in [3.05, 3.63) is 12.2 Å². The molecule has 0 aromatic carbocycles. The van der Waals surface area contributed by atoms with Crippen LogP contribution in [-0.2, 0) is 9.53 Å². The zero-order valence-corrected chi connectivity index (χ0v) is 17.2. The standard InChI is InChI=1S/C23H44O2/c1-3-4-5-6-7-8-9-10-11-12-13-14-15-16-17-18-19-20-21-22-23(24)25-2/h8-9H,3-7,10-22H2,1-2H3. The van der Waals surface area contributed by atoms with Crippen molar-refractivity contribution in [2.24, 2.45) is 0 Å². The summed E-state index contributed by atoms with van der Waals surface area (Å²) in [6, 6.07) is 0. The minimum Gasteiger partial charge on any atom is -0.469 e. The molecule has 0 saturated heterocycles. The number of esters is 1. The van der Waals surface area contributed by atoms with E-state index in [1.807, 2.05) is 0 Å². The second-order valence-corrected chi connectivity index (χ2v) is 7.32. The predicted molar refractivity (Wildman–Crippen MR) is 110 cm³/mol. The van der Waals surface area contributed by atoms with Gasteiger partial charge in [0.25, 0.3) is 0 Å². The van der Waals surface area contributed by atoms with Crippen molar-refractivity contribution >= 4 is 5.97 Å². The SMILES string of the molecule is CCCCCCC=CCCCCCCCCCCCCCC(=O)OC. The lowest BCUT2D eigenvalue weighted by atomic mass is 10.0. The van der Waals surface area contributed by atoms with Crippen LogP contribution in [0.2, 0.25) is 0 Å². The molecule has 0 fully saturated rings. The second-order valence-electron chi connectivity index (χ2n) is 7.32. The minimum atomic E-state index is -0.0672. The molecule has 0 atom stereocenters. The van der Waals surface area contributed by atoms with Gasteiger partial charge in [0, 0.05) is 6.42 Å². The van der Waals surface area contributed by atoms with Crippen LogP contribution >= 0.6 is 0 Å². The van der Waals surface area contributed by atoms with Gasteiger partial charge in [-0.25, -0.2) is 0 Å². The number of hydrogen-bond donors (Lipinski definition) is 0. The lowest BCUT2D eigenvalue weighted by Crippen LogP contribution is -1.99. The van der Waals surface area contributed by atoms with Crippen LogP contribution in [0.15, 0.2) is 12.2 Å². The van der Waals surface area contributed by atoms with E-state index in [9.17, 15) is 4.79 Å². The van der Waals surface area contributed by atoms with E-state index >= 15 is 0 Å². The minimum absolute atomic E-state index is 0.0672. The summed E-state index contributed by atoms with van der Waals surface area (Å²) in [6.07, 6.45) is 27.9. The first kappa shape index (κ1) is 24.2. The molecule has 0 amide bonds. The van der Waals surface area contributed by atoms with Gasteiger partial charge < -0.3 is 4.74 Å². The maximum absolute atomic E-state index is 11.0. The van der Waals surface area contributed by atoms with E-state index in [0.29, 0.717) is 6.42 Å². The third-order valence-electron chi connectivity index (χ3n) is 4.87. The molecule has 2 nitrogen and oxygen atoms in total. The molecule has 0 unspecified atom stereocenters. The van der Waals surface area contributed by atoms with Crippen LogP contribution in [0.5, 0.6) is 0 Å². The van der Waals surface area contributed by atoms with Gasteiger partial charge in [-0.05, 0) is 32.1 Å². The first-order chi connectivity index (χ1) is 12.3. The highest BCUT2D eigenvalue weighted by molar-refractivity contribution is 5.68. The third-order valence-corrected chi connectivity index (χ3v) is 4.87. The third kappa shape index (κ3) is 21.2. The summed E-state index contributed by atoms with van der Waals surface area (Å²) >= 11 is 0. The number of methoxy groups -OCH3 is 1. The molecule has 0 saturated carbocycles. The molecule has 0 aliphatic rings. The van der Waals surface area contributed by atoms with Crippen molar-refractivity contribution < 1.29 is 9.53 Å². The van der Waals surface area contributed by atoms with Crippen molar-refractivity contribution in [2.75, 3.05) is 7.11 Å². The van der Waals surface area contributed by atoms with Crippen LogP contribution in [0.25, 0.3) is 0 Å². The summed E-state index contributed by atoms with van der Waals surface area (Å²) in [6.45, 7) is 2.27. The Labute approximate surface area is 157 Å². The summed E-state index contributed by atoms with van der Waals surface area (Å²) in [5.41, 5.74) is 0. The molecule has 25 heavy (non-hydrogen) atoms. The van der Waals surface area contributed by atoms with Gasteiger partial charge in [0.2, 0.25) is 0 Å². The molecule has 0 aliphatic carbocycles. The fourth-order valence-corrected chi connectivity index (χ4v) is 3.15. The fourth-order valence-electron chi connectivity index (χ4n) is 3.15. The zero-order valence-electron chi connectivity index (χ0n) is 17.2. The number of ether oxygens (including phenoxy) is 1. The van der Waals surface area contributed by atoms with Gasteiger partial charge in [0.05, 0.1) is 7.11 Å². The average Bonchev–Trinajstić information content (AvgIpc) is 2.63. The summed E-state index contributed by atoms with van der Waals surface area (Å²) in [5.74, 6) is -0.0672. The van der Waals surface area contributed by atoms with Gasteiger partial charge in [0.15, 0.2) is 0 Å². The highest BCUT2D eigenvalue weighted by atomic mass is 16.5.